The van der Waals surface area contributed by atoms with Crippen LogP contribution in [0.1, 0.15) is 136 Å². The van der Waals surface area contributed by atoms with Crippen molar-refractivity contribution >= 4 is 0 Å². The van der Waals surface area contributed by atoms with Crippen molar-refractivity contribution in [1.82, 2.24) is 0 Å². The van der Waals surface area contributed by atoms with E-state index in [9.17, 15) is 0 Å². The van der Waals surface area contributed by atoms with Gasteiger partial charge in [0.2, 0.25) is 0 Å². The second kappa shape index (κ2) is 10.6. The Morgan fingerprint density at radius 3 is 0.775 bits per heavy atom. The van der Waals surface area contributed by atoms with Crippen molar-refractivity contribution in [1.29, 1.82) is 0 Å². The standard InChI is InChI=1S/C40H64/c1-19-31-23(3)27(7)33(28(8)24(31)4)21-35-36(38(13,14)40(17,18)39(15,16)37(35,11)12)22-34-29(9)25(5)32(20-2)26(6)30(34)10/h35-36H,19-22H2,1-18H3. The highest BCUT2D eigenvalue weighted by Gasteiger charge is 2.65. The highest BCUT2D eigenvalue weighted by molar-refractivity contribution is 5.52. The van der Waals surface area contributed by atoms with Crippen LogP contribution in [0.5, 0.6) is 0 Å². The fourth-order valence-corrected chi connectivity index (χ4v) is 9.39. The Balaban J connectivity index is 2.34. The fraction of sp³-hybridized carbons (Fsp3) is 0.700. The Morgan fingerprint density at radius 1 is 0.375 bits per heavy atom. The number of rotatable bonds is 6. The maximum absolute atomic E-state index is 2.61. The molecule has 0 nitrogen and oxygen atoms in total. The molecule has 3 rings (SSSR count). The molecule has 1 fully saturated rings. The second-order valence-electron chi connectivity index (χ2n) is 15.9. The van der Waals surface area contributed by atoms with E-state index in [1.165, 1.54) is 35.1 Å². The third-order valence-electron chi connectivity index (χ3n) is 14.6. The molecule has 1 saturated carbocycles. The predicted octanol–water partition coefficient (Wildman–Crippen LogP) is 11.4. The fourth-order valence-electron chi connectivity index (χ4n) is 9.39. The molecule has 0 bridgehead atoms. The summed E-state index contributed by atoms with van der Waals surface area (Å²) in [7, 11) is 0. The minimum atomic E-state index is 0.177. The smallest absolute Gasteiger partial charge is 0.0237 e. The van der Waals surface area contributed by atoms with Gasteiger partial charge in [-0.3, -0.25) is 0 Å². The molecule has 0 saturated heterocycles. The molecular weight excluding hydrogens is 480 g/mol. The molecule has 2 atom stereocenters. The Kier molecular flexibility index (Phi) is 8.74. The van der Waals surface area contributed by atoms with Crippen molar-refractivity contribution in [3.05, 3.63) is 66.8 Å². The van der Waals surface area contributed by atoms with Gasteiger partial charge < -0.3 is 0 Å². The average molecular weight is 545 g/mol. The van der Waals surface area contributed by atoms with Crippen LogP contribution in [0, 0.1) is 88.9 Å². The van der Waals surface area contributed by atoms with Gasteiger partial charge in [-0.15, -0.1) is 0 Å². The summed E-state index contributed by atoms with van der Waals surface area (Å²) in [5.74, 6) is 1.17. The lowest BCUT2D eigenvalue weighted by molar-refractivity contribution is -0.212. The molecule has 0 radical (unpaired) electrons. The highest BCUT2D eigenvalue weighted by Crippen LogP contribution is 2.71. The zero-order valence-electron chi connectivity index (χ0n) is 30.0. The van der Waals surface area contributed by atoms with Crippen LogP contribution < -0.4 is 0 Å². The third-order valence-corrected chi connectivity index (χ3v) is 14.6. The van der Waals surface area contributed by atoms with E-state index in [2.05, 4.69) is 125 Å². The molecule has 2 unspecified atom stereocenters. The first-order chi connectivity index (χ1) is 18.1. The van der Waals surface area contributed by atoms with Crippen LogP contribution in [0.2, 0.25) is 0 Å². The molecule has 0 heteroatoms. The van der Waals surface area contributed by atoms with E-state index in [4.69, 9.17) is 0 Å². The van der Waals surface area contributed by atoms with E-state index in [0.29, 0.717) is 11.8 Å². The van der Waals surface area contributed by atoms with Crippen LogP contribution in [0.3, 0.4) is 0 Å². The molecule has 0 amide bonds. The van der Waals surface area contributed by atoms with Gasteiger partial charge in [0, 0.05) is 0 Å². The third kappa shape index (κ3) is 4.45. The van der Waals surface area contributed by atoms with Crippen molar-refractivity contribution in [2.24, 2.45) is 33.5 Å². The minimum Gasteiger partial charge on any atom is -0.0613 e. The van der Waals surface area contributed by atoms with Gasteiger partial charge in [-0.05, 0) is 181 Å². The van der Waals surface area contributed by atoms with Gasteiger partial charge in [0.15, 0.2) is 0 Å². The van der Waals surface area contributed by atoms with Gasteiger partial charge in [-0.25, -0.2) is 0 Å². The van der Waals surface area contributed by atoms with Gasteiger partial charge in [-0.2, -0.15) is 0 Å². The minimum absolute atomic E-state index is 0.177. The van der Waals surface area contributed by atoms with Gasteiger partial charge in [0.25, 0.3) is 0 Å². The summed E-state index contributed by atoms with van der Waals surface area (Å²) >= 11 is 0. The Labute approximate surface area is 250 Å². The van der Waals surface area contributed by atoms with Gasteiger partial charge >= 0.3 is 0 Å². The average Bonchev–Trinajstić information content (AvgIpc) is 2.86. The second-order valence-corrected chi connectivity index (χ2v) is 15.9. The molecule has 224 valence electrons. The van der Waals surface area contributed by atoms with E-state index < -0.39 is 0 Å². The SMILES string of the molecule is CCc1c(C)c(C)c(CC2C(Cc3c(C)c(C)c(CC)c(C)c3C)C(C)(C)C(C)(C)C(C)(C)C2(C)C)c(C)c1C. The number of hydrogen-bond acceptors (Lipinski definition) is 0. The molecule has 2 aromatic rings. The van der Waals surface area contributed by atoms with Crippen LogP contribution in [-0.2, 0) is 25.7 Å². The summed E-state index contributed by atoms with van der Waals surface area (Å²) in [6.45, 7) is 44.5. The first kappa shape index (κ1) is 32.9. The van der Waals surface area contributed by atoms with Crippen LogP contribution in [0.4, 0.5) is 0 Å². The molecule has 0 aliphatic heterocycles. The lowest BCUT2D eigenvalue weighted by Gasteiger charge is -2.70. The normalized spacial score (nSPS) is 22.9. The maximum atomic E-state index is 2.61. The molecule has 1 aliphatic rings. The first-order valence-corrected chi connectivity index (χ1v) is 16.3. The molecule has 1 aliphatic carbocycles. The lowest BCUT2D eigenvalue weighted by Crippen LogP contribution is -2.64. The zero-order valence-corrected chi connectivity index (χ0v) is 30.0. The molecule has 0 N–H and O–H groups in total. The van der Waals surface area contributed by atoms with Gasteiger partial charge in [0.1, 0.15) is 0 Å². The van der Waals surface area contributed by atoms with Gasteiger partial charge in [-0.1, -0.05) is 69.2 Å². The molecule has 0 heterocycles. The van der Waals surface area contributed by atoms with Crippen molar-refractivity contribution in [3.8, 4) is 0 Å². The van der Waals surface area contributed by atoms with Crippen molar-refractivity contribution in [2.45, 2.75) is 150 Å². The maximum Gasteiger partial charge on any atom is -0.0237 e. The summed E-state index contributed by atoms with van der Waals surface area (Å²) in [5, 5.41) is 0. The van der Waals surface area contributed by atoms with E-state index in [-0.39, 0.29) is 21.7 Å². The summed E-state index contributed by atoms with van der Waals surface area (Å²) < 4.78 is 0. The summed E-state index contributed by atoms with van der Waals surface area (Å²) in [6.07, 6.45) is 4.59. The molecule has 2 aromatic carbocycles. The topological polar surface area (TPSA) is 0 Å². The van der Waals surface area contributed by atoms with Crippen LogP contribution >= 0.6 is 0 Å². The summed E-state index contributed by atoms with van der Waals surface area (Å²) in [5.41, 5.74) is 19.4. The largest absolute Gasteiger partial charge is 0.0613 e. The number of hydrogen-bond donors (Lipinski definition) is 0. The Morgan fingerprint density at radius 2 is 0.575 bits per heavy atom. The highest BCUT2D eigenvalue weighted by atomic mass is 14.7. The quantitative estimate of drug-likeness (QED) is 0.339. The molecular formula is C40H64. The van der Waals surface area contributed by atoms with Crippen LogP contribution in [0.15, 0.2) is 0 Å². The Hall–Kier alpha value is -1.56. The van der Waals surface area contributed by atoms with Gasteiger partial charge in [0.05, 0.1) is 0 Å². The monoisotopic (exact) mass is 545 g/mol. The van der Waals surface area contributed by atoms with Crippen LogP contribution in [-0.4, -0.2) is 0 Å². The summed E-state index contributed by atoms with van der Waals surface area (Å²) in [6, 6.07) is 0. The predicted molar refractivity (Wildman–Crippen MR) is 179 cm³/mol. The van der Waals surface area contributed by atoms with E-state index in [1.54, 1.807) is 44.5 Å². The zero-order chi connectivity index (χ0) is 30.9. The molecule has 40 heavy (non-hydrogen) atoms. The van der Waals surface area contributed by atoms with Crippen LogP contribution in [0.25, 0.3) is 0 Å². The summed E-state index contributed by atoms with van der Waals surface area (Å²) in [4.78, 5) is 0. The lowest BCUT2D eigenvalue weighted by atomic mass is 9.34. The Bertz CT molecular complexity index is 1130. The molecule has 0 aromatic heterocycles. The van der Waals surface area contributed by atoms with Crippen molar-refractivity contribution in [2.75, 3.05) is 0 Å². The van der Waals surface area contributed by atoms with E-state index in [1.807, 2.05) is 0 Å². The molecule has 0 spiro atoms. The van der Waals surface area contributed by atoms with Crippen molar-refractivity contribution in [3.63, 3.8) is 0 Å². The van der Waals surface area contributed by atoms with Crippen molar-refractivity contribution < 1.29 is 0 Å². The van der Waals surface area contributed by atoms with E-state index >= 15 is 0 Å². The van der Waals surface area contributed by atoms with E-state index in [0.717, 1.165) is 12.8 Å². The number of benzene rings is 2. The first-order valence-electron chi connectivity index (χ1n) is 16.3.